The molecule has 0 nitrogen and oxygen atoms in total. The van der Waals surface area contributed by atoms with Crippen molar-refractivity contribution >= 4 is 86.2 Å². The van der Waals surface area contributed by atoms with Gasteiger partial charge in [-0.3, -0.25) is 0 Å². The second kappa shape index (κ2) is 17.7. The fraction of sp³-hybridized carbons (Fsp3) is 0. The van der Waals surface area contributed by atoms with E-state index in [1.165, 1.54) is 164 Å². The van der Waals surface area contributed by atoms with Crippen molar-refractivity contribution in [2.75, 3.05) is 0 Å². The van der Waals surface area contributed by atoms with Crippen molar-refractivity contribution in [3.05, 3.63) is 291 Å². The van der Waals surface area contributed by atoms with E-state index in [0.29, 0.717) is 0 Å². The van der Waals surface area contributed by atoms with Crippen LogP contribution >= 0.6 is 0 Å². The fourth-order valence-corrected chi connectivity index (χ4v) is 13.4. The molecule has 0 spiro atoms. The zero-order valence-electron chi connectivity index (χ0n) is 42.7. The van der Waals surface area contributed by atoms with E-state index >= 15 is 0 Å². The van der Waals surface area contributed by atoms with Gasteiger partial charge in [0.15, 0.2) is 0 Å². The summed E-state index contributed by atoms with van der Waals surface area (Å²) in [6, 6.07) is 109. The molecule has 16 aromatic rings. The molecule has 0 amide bonds. The van der Waals surface area contributed by atoms with Crippen LogP contribution in [0.5, 0.6) is 0 Å². The van der Waals surface area contributed by atoms with E-state index < -0.39 is 0 Å². The Morgan fingerprint density at radius 3 is 0.731 bits per heavy atom. The van der Waals surface area contributed by atoms with Gasteiger partial charge in [-0.05, 0) is 182 Å². The van der Waals surface area contributed by atoms with Crippen LogP contribution in [0.15, 0.2) is 291 Å². The number of rotatable bonds is 7. The van der Waals surface area contributed by atoms with Gasteiger partial charge < -0.3 is 0 Å². The minimum Gasteiger partial charge on any atom is -0.0622 e. The molecule has 0 saturated heterocycles. The summed E-state index contributed by atoms with van der Waals surface area (Å²) in [6.45, 7) is 0. The quantitative estimate of drug-likeness (QED) is 0.140. The Kier molecular flexibility index (Phi) is 10.0. The number of fused-ring (bicyclic) bond motifs is 6. The number of hydrogen-bond donors (Lipinski definition) is 0. The lowest BCUT2D eigenvalue weighted by molar-refractivity contribution is 1.63. The molecule has 0 fully saturated rings. The summed E-state index contributed by atoms with van der Waals surface area (Å²) < 4.78 is 0. The largest absolute Gasteiger partial charge is 0.0622 e. The van der Waals surface area contributed by atoms with Crippen molar-refractivity contribution in [3.8, 4) is 77.9 Å². The lowest BCUT2D eigenvalue weighted by Gasteiger charge is -2.24. The molecule has 16 aromatic carbocycles. The lowest BCUT2D eigenvalue weighted by atomic mass is 9.79. The first-order valence-electron chi connectivity index (χ1n) is 27.2. The third-order valence-electron chi connectivity index (χ3n) is 16.9. The van der Waals surface area contributed by atoms with Crippen LogP contribution in [-0.4, -0.2) is 0 Å². The molecule has 360 valence electrons. The molecule has 78 heavy (non-hydrogen) atoms. The van der Waals surface area contributed by atoms with E-state index in [4.69, 9.17) is 0 Å². The van der Waals surface area contributed by atoms with Crippen molar-refractivity contribution < 1.29 is 0 Å². The van der Waals surface area contributed by atoms with Crippen LogP contribution in [0.25, 0.3) is 164 Å². The maximum absolute atomic E-state index is 2.52. The molecule has 0 bridgehead atoms. The van der Waals surface area contributed by atoms with E-state index in [2.05, 4.69) is 291 Å². The highest BCUT2D eigenvalue weighted by atomic mass is 14.3. The lowest BCUT2D eigenvalue weighted by Crippen LogP contribution is -1.96. The first kappa shape index (κ1) is 44.2. The Balaban J connectivity index is 1.08. The van der Waals surface area contributed by atoms with Gasteiger partial charge in [-0.1, -0.05) is 273 Å². The average Bonchev–Trinajstić information content (AvgIpc) is 3.68. The van der Waals surface area contributed by atoms with Gasteiger partial charge in [0.05, 0.1) is 0 Å². The smallest absolute Gasteiger partial charge is 0.00139 e. The van der Waals surface area contributed by atoms with Gasteiger partial charge in [0.25, 0.3) is 0 Å². The third kappa shape index (κ3) is 6.80. The zero-order valence-corrected chi connectivity index (χ0v) is 42.7. The highest BCUT2D eigenvalue weighted by molar-refractivity contribution is 6.34. The van der Waals surface area contributed by atoms with E-state index in [9.17, 15) is 0 Å². The molecular weight excluding hydrogens is 937 g/mol. The Hall–Kier alpha value is -10.1. The molecule has 0 aliphatic heterocycles. The summed E-state index contributed by atoms with van der Waals surface area (Å²) in [5, 5.41) is 20.0. The second-order valence-electron chi connectivity index (χ2n) is 20.9. The maximum Gasteiger partial charge on any atom is -0.00139 e. The summed E-state index contributed by atoms with van der Waals surface area (Å²) in [5.74, 6) is 0. The highest BCUT2D eigenvalue weighted by Gasteiger charge is 2.25. The molecule has 16 rings (SSSR count). The van der Waals surface area contributed by atoms with Crippen molar-refractivity contribution in [1.29, 1.82) is 0 Å². The molecule has 0 saturated carbocycles. The van der Waals surface area contributed by atoms with E-state index in [0.717, 1.165) is 0 Å². The van der Waals surface area contributed by atoms with E-state index in [-0.39, 0.29) is 0 Å². The maximum atomic E-state index is 2.52. The monoisotopic (exact) mass is 984 g/mol. The first-order valence-corrected chi connectivity index (χ1v) is 27.2. The highest BCUT2D eigenvalue weighted by Crippen LogP contribution is 2.52. The molecule has 0 aliphatic rings. The minimum atomic E-state index is 1.21. The molecule has 0 aliphatic carbocycles. The number of hydrogen-bond acceptors (Lipinski definition) is 0. The molecule has 0 radical (unpaired) electrons. The van der Waals surface area contributed by atoms with Gasteiger partial charge in [0, 0.05) is 0 Å². The van der Waals surface area contributed by atoms with Crippen molar-refractivity contribution in [3.63, 3.8) is 0 Å². The van der Waals surface area contributed by atoms with E-state index in [1.807, 2.05) is 0 Å². The standard InChI is InChI=1S/C78H48/c1-4-20-49(21-5-1)54-36-39-65(61-32-16-12-29-58(54)61)73-47-74(66-40-37-55(50-22-6-2-7-23-50)59-30-13-17-33-62(59)66)69-44-45-71-76(72-46-52-26-10-11-27-53(52)57-28-15-19-35-64(57)72)48-75(70-43-42-68(73)77(69)78(70)71)67-41-38-56(51-24-8-3-9-25-51)60-31-14-18-34-63(60)67/h1-48H. The van der Waals surface area contributed by atoms with Gasteiger partial charge in [-0.25, -0.2) is 0 Å². The molecule has 0 heteroatoms. The van der Waals surface area contributed by atoms with Crippen molar-refractivity contribution in [2.45, 2.75) is 0 Å². The normalized spacial score (nSPS) is 11.8. The van der Waals surface area contributed by atoms with Crippen LogP contribution in [0.2, 0.25) is 0 Å². The third-order valence-corrected chi connectivity index (χ3v) is 16.9. The van der Waals surface area contributed by atoms with Crippen LogP contribution in [-0.2, 0) is 0 Å². The summed E-state index contributed by atoms with van der Waals surface area (Å²) in [7, 11) is 0. The molecular formula is C78H48. The van der Waals surface area contributed by atoms with Crippen LogP contribution in [0.4, 0.5) is 0 Å². The molecule has 0 aromatic heterocycles. The predicted octanol–water partition coefficient (Wildman–Crippen LogP) is 22.0. The summed E-state index contributed by atoms with van der Waals surface area (Å²) in [5.41, 5.74) is 17.1. The summed E-state index contributed by atoms with van der Waals surface area (Å²) >= 11 is 0. The van der Waals surface area contributed by atoms with Crippen molar-refractivity contribution in [1.82, 2.24) is 0 Å². The Morgan fingerprint density at radius 1 is 0.128 bits per heavy atom. The van der Waals surface area contributed by atoms with Crippen LogP contribution < -0.4 is 0 Å². The van der Waals surface area contributed by atoms with Crippen LogP contribution in [0.3, 0.4) is 0 Å². The predicted molar refractivity (Wildman–Crippen MR) is 336 cm³/mol. The molecule has 0 atom stereocenters. The molecule has 0 unspecified atom stereocenters. The average molecular weight is 985 g/mol. The van der Waals surface area contributed by atoms with Crippen LogP contribution in [0, 0.1) is 0 Å². The Labute approximate surface area is 452 Å². The Morgan fingerprint density at radius 2 is 0.372 bits per heavy atom. The van der Waals surface area contributed by atoms with Gasteiger partial charge in [0.1, 0.15) is 0 Å². The summed E-state index contributed by atoms with van der Waals surface area (Å²) in [6.07, 6.45) is 0. The van der Waals surface area contributed by atoms with Crippen LogP contribution in [0.1, 0.15) is 0 Å². The van der Waals surface area contributed by atoms with Gasteiger partial charge in [-0.2, -0.15) is 0 Å². The molecule has 0 heterocycles. The second-order valence-corrected chi connectivity index (χ2v) is 20.9. The zero-order chi connectivity index (χ0) is 51.3. The van der Waals surface area contributed by atoms with E-state index in [1.54, 1.807) is 0 Å². The van der Waals surface area contributed by atoms with Gasteiger partial charge >= 0.3 is 0 Å². The number of benzene rings is 16. The van der Waals surface area contributed by atoms with Crippen molar-refractivity contribution in [2.24, 2.45) is 0 Å². The summed E-state index contributed by atoms with van der Waals surface area (Å²) in [4.78, 5) is 0. The SMILES string of the molecule is c1ccc(-c2ccc(-c3cc(-c4ccc(-c5ccccc5)c5ccccc45)c4ccc5c(-c6cc7ccccc7c7ccccc67)cc(-c6ccc(-c7ccccc7)c7ccccc67)c6ccc3c4c65)c3ccccc23)cc1. The van der Waals surface area contributed by atoms with Gasteiger partial charge in [-0.15, -0.1) is 0 Å². The minimum absolute atomic E-state index is 1.21. The fourth-order valence-electron chi connectivity index (χ4n) is 13.4. The van der Waals surface area contributed by atoms with Gasteiger partial charge in [0.2, 0.25) is 0 Å². The Bertz CT molecular complexity index is 4910. The molecule has 0 N–H and O–H groups in total. The first-order chi connectivity index (χ1) is 38.7. The topological polar surface area (TPSA) is 0 Å².